The van der Waals surface area contributed by atoms with E-state index in [1.54, 1.807) is 0 Å². The van der Waals surface area contributed by atoms with Gasteiger partial charge in [-0.25, -0.2) is 8.42 Å². The molecule has 2 rings (SSSR count). The van der Waals surface area contributed by atoms with Crippen molar-refractivity contribution in [3.8, 4) is 0 Å². The molecule has 0 bridgehead atoms. The molecule has 1 aliphatic heterocycles. The van der Waals surface area contributed by atoms with Crippen LogP contribution < -0.4 is 5.73 Å². The van der Waals surface area contributed by atoms with Crippen molar-refractivity contribution in [3.63, 3.8) is 0 Å². The topological polar surface area (TPSA) is 63.4 Å². The first kappa shape index (κ1) is 18.0. The van der Waals surface area contributed by atoms with E-state index >= 15 is 0 Å². The zero-order chi connectivity index (χ0) is 17.6. The molecule has 130 valence electrons. The van der Waals surface area contributed by atoms with Crippen molar-refractivity contribution >= 4 is 10.0 Å². The normalized spacial score (nSPS) is 20.9. The molecule has 1 aliphatic rings. The third-order valence-corrected chi connectivity index (χ3v) is 5.23. The van der Waals surface area contributed by atoms with Gasteiger partial charge in [-0.1, -0.05) is 0 Å². The smallest absolute Gasteiger partial charge is 0.326 e. The highest BCUT2D eigenvalue weighted by Gasteiger charge is 2.40. The van der Waals surface area contributed by atoms with E-state index < -0.39 is 44.4 Å². The summed E-state index contributed by atoms with van der Waals surface area (Å²) in [7, 11) is -4.48. The zero-order valence-electron chi connectivity index (χ0n) is 11.4. The van der Waals surface area contributed by atoms with Crippen LogP contribution in [0.3, 0.4) is 0 Å². The number of nitrogens with zero attached hydrogens (tertiary/aromatic N) is 1. The van der Waals surface area contributed by atoms with Gasteiger partial charge in [0.2, 0.25) is 10.0 Å². The zero-order valence-corrected chi connectivity index (χ0v) is 12.3. The molecule has 1 aromatic carbocycles. The summed E-state index contributed by atoms with van der Waals surface area (Å²) >= 11 is 0. The maximum Gasteiger partial charge on any atom is 0.416 e. The molecular formula is C12H12F6N2O2S. The van der Waals surface area contributed by atoms with Crippen LogP contribution in [-0.4, -0.2) is 31.9 Å². The molecular weight excluding hydrogens is 350 g/mol. The summed E-state index contributed by atoms with van der Waals surface area (Å²) in [6.45, 7) is -0.207. The lowest BCUT2D eigenvalue weighted by atomic mass is 10.1. The summed E-state index contributed by atoms with van der Waals surface area (Å²) in [5.41, 5.74) is 2.19. The minimum absolute atomic E-state index is 0.0545. The molecule has 0 spiro atoms. The molecule has 4 nitrogen and oxygen atoms in total. The van der Waals surface area contributed by atoms with Gasteiger partial charge < -0.3 is 5.73 Å². The Labute approximate surface area is 127 Å². The summed E-state index contributed by atoms with van der Waals surface area (Å²) in [5, 5.41) is 0. The van der Waals surface area contributed by atoms with E-state index in [4.69, 9.17) is 5.73 Å². The number of rotatable bonds is 2. The van der Waals surface area contributed by atoms with E-state index in [0.717, 1.165) is 4.31 Å². The molecule has 23 heavy (non-hydrogen) atoms. The third-order valence-electron chi connectivity index (χ3n) is 3.39. The van der Waals surface area contributed by atoms with Crippen LogP contribution in [0.15, 0.2) is 23.1 Å². The van der Waals surface area contributed by atoms with Gasteiger partial charge >= 0.3 is 12.4 Å². The maximum absolute atomic E-state index is 12.8. The van der Waals surface area contributed by atoms with Gasteiger partial charge in [0.15, 0.2) is 0 Å². The fraction of sp³-hybridized carbons (Fsp3) is 0.500. The molecule has 0 aliphatic carbocycles. The molecule has 0 radical (unpaired) electrons. The second-order valence-corrected chi connectivity index (χ2v) is 7.09. The van der Waals surface area contributed by atoms with Crippen LogP contribution in [-0.2, 0) is 22.4 Å². The number of benzene rings is 1. The fourth-order valence-corrected chi connectivity index (χ4v) is 3.78. The maximum atomic E-state index is 12.8. The monoisotopic (exact) mass is 362 g/mol. The average molecular weight is 362 g/mol. The lowest BCUT2D eigenvalue weighted by Crippen LogP contribution is -2.32. The van der Waals surface area contributed by atoms with Gasteiger partial charge in [0.05, 0.1) is 16.0 Å². The molecule has 0 saturated carbocycles. The number of nitrogens with two attached hydrogens (primary N) is 1. The van der Waals surface area contributed by atoms with Gasteiger partial charge in [-0.3, -0.25) is 0 Å². The van der Waals surface area contributed by atoms with E-state index in [-0.39, 0.29) is 37.7 Å². The van der Waals surface area contributed by atoms with Crippen LogP contribution in [0.5, 0.6) is 0 Å². The van der Waals surface area contributed by atoms with E-state index in [9.17, 15) is 34.8 Å². The summed E-state index contributed by atoms with van der Waals surface area (Å²) in [5.74, 6) is 0. The van der Waals surface area contributed by atoms with Crippen molar-refractivity contribution in [1.29, 1.82) is 0 Å². The van der Waals surface area contributed by atoms with E-state index in [0.29, 0.717) is 0 Å². The van der Waals surface area contributed by atoms with Crippen LogP contribution in [0.2, 0.25) is 0 Å². The minimum Gasteiger partial charge on any atom is -0.326 e. The van der Waals surface area contributed by atoms with Gasteiger partial charge in [0.1, 0.15) is 0 Å². The van der Waals surface area contributed by atoms with E-state index in [1.807, 2.05) is 0 Å². The predicted molar refractivity (Wildman–Crippen MR) is 67.8 cm³/mol. The van der Waals surface area contributed by atoms with Crippen LogP contribution in [0.25, 0.3) is 0 Å². The number of hydrogen-bond donors (Lipinski definition) is 1. The second kappa shape index (κ2) is 5.64. The molecule has 0 aromatic heterocycles. The van der Waals surface area contributed by atoms with Crippen LogP contribution >= 0.6 is 0 Å². The van der Waals surface area contributed by atoms with Crippen molar-refractivity contribution in [1.82, 2.24) is 4.31 Å². The number of halogens is 6. The van der Waals surface area contributed by atoms with E-state index in [2.05, 4.69) is 0 Å². The lowest BCUT2D eigenvalue weighted by molar-refractivity contribution is -0.143. The molecule has 2 N–H and O–H groups in total. The Bertz CT molecular complexity index is 666. The Morgan fingerprint density at radius 3 is 1.83 bits per heavy atom. The highest BCUT2D eigenvalue weighted by Crippen LogP contribution is 2.38. The van der Waals surface area contributed by atoms with Gasteiger partial charge in [-0.2, -0.15) is 30.6 Å². The summed E-state index contributed by atoms with van der Waals surface area (Å²) in [6.07, 6.45) is -9.93. The SMILES string of the molecule is N[C@@H]1CCN(S(=O)(=O)c2cc(C(F)(F)F)cc(C(F)(F)F)c2)C1. The van der Waals surface area contributed by atoms with Crippen molar-refractivity contribution in [3.05, 3.63) is 29.3 Å². The molecule has 0 amide bonds. The van der Waals surface area contributed by atoms with Crippen molar-refractivity contribution in [2.45, 2.75) is 29.7 Å². The summed E-state index contributed by atoms with van der Waals surface area (Å²) < 4.78 is 102. The molecule has 1 atom stereocenters. The Morgan fingerprint density at radius 2 is 1.48 bits per heavy atom. The van der Waals surface area contributed by atoms with Crippen LogP contribution in [0.1, 0.15) is 17.5 Å². The quantitative estimate of drug-likeness (QED) is 0.822. The molecule has 0 unspecified atom stereocenters. The van der Waals surface area contributed by atoms with Crippen molar-refractivity contribution in [2.24, 2.45) is 5.73 Å². The van der Waals surface area contributed by atoms with Crippen molar-refractivity contribution < 1.29 is 34.8 Å². The summed E-state index contributed by atoms with van der Waals surface area (Å²) in [4.78, 5) is -1.05. The highest BCUT2D eigenvalue weighted by atomic mass is 32.2. The van der Waals surface area contributed by atoms with Gasteiger partial charge in [-0.05, 0) is 24.6 Å². The van der Waals surface area contributed by atoms with Crippen molar-refractivity contribution in [2.75, 3.05) is 13.1 Å². The fourth-order valence-electron chi connectivity index (χ4n) is 2.20. The van der Waals surface area contributed by atoms with Gasteiger partial charge in [0, 0.05) is 19.1 Å². The Kier molecular flexibility index (Phi) is 4.41. The first-order valence-corrected chi connectivity index (χ1v) is 7.81. The van der Waals surface area contributed by atoms with Crippen LogP contribution in [0.4, 0.5) is 26.3 Å². The second-order valence-electron chi connectivity index (χ2n) is 5.15. The van der Waals surface area contributed by atoms with Gasteiger partial charge in [0.25, 0.3) is 0 Å². The average Bonchev–Trinajstić information content (AvgIpc) is 2.83. The Morgan fingerprint density at radius 1 is 1.00 bits per heavy atom. The van der Waals surface area contributed by atoms with Gasteiger partial charge in [-0.15, -0.1) is 0 Å². The molecule has 1 heterocycles. The summed E-state index contributed by atoms with van der Waals surface area (Å²) in [6, 6.07) is -0.213. The first-order chi connectivity index (χ1) is 10.3. The minimum atomic E-state index is -5.10. The largest absolute Gasteiger partial charge is 0.416 e. The third kappa shape index (κ3) is 3.78. The molecule has 1 saturated heterocycles. The number of sulfonamides is 1. The molecule has 1 fully saturated rings. The van der Waals surface area contributed by atoms with Crippen LogP contribution in [0, 0.1) is 0 Å². The predicted octanol–water partition coefficient (Wildman–Crippen LogP) is 2.45. The molecule has 1 aromatic rings. The number of alkyl halides is 6. The lowest BCUT2D eigenvalue weighted by Gasteiger charge is -2.19. The Balaban J connectivity index is 2.58. The number of hydrogen-bond acceptors (Lipinski definition) is 3. The molecule has 11 heteroatoms. The highest BCUT2D eigenvalue weighted by molar-refractivity contribution is 7.89. The first-order valence-electron chi connectivity index (χ1n) is 6.37. The standard InChI is InChI=1S/C12H12F6N2O2S/c13-11(14,15)7-3-8(12(16,17)18)5-10(4-7)23(21,22)20-2-1-9(19)6-20/h3-5,9H,1-2,6,19H2/t9-/m1/s1. The Hall–Kier alpha value is -1.33. The van der Waals surface area contributed by atoms with E-state index in [1.165, 1.54) is 0 Å².